The van der Waals surface area contributed by atoms with Crippen molar-refractivity contribution in [2.75, 3.05) is 19.0 Å². The van der Waals surface area contributed by atoms with Crippen LogP contribution in [0.4, 0.5) is 5.82 Å². The summed E-state index contributed by atoms with van der Waals surface area (Å²) in [5.74, 6) is 0.581. The number of hydrogen-bond donors (Lipinski definition) is 1. The van der Waals surface area contributed by atoms with Gasteiger partial charge in [0.2, 0.25) is 0 Å². The molecule has 0 aliphatic rings. The summed E-state index contributed by atoms with van der Waals surface area (Å²) in [6.07, 6.45) is 5.93. The molecule has 2 heterocycles. The maximum atomic E-state index is 5.98. The molecule has 0 saturated heterocycles. The van der Waals surface area contributed by atoms with Gasteiger partial charge in [-0.2, -0.15) is 4.98 Å². The number of nitrogens with one attached hydrogen (secondary N) is 1. The number of nitrogens with zero attached hydrogens (tertiary/aromatic N) is 3. The molecule has 0 aromatic carbocycles. The largest absolute Gasteiger partial charge is 0.467 e. The zero-order chi connectivity index (χ0) is 12.8. The minimum absolute atomic E-state index is 0.297. The van der Waals surface area contributed by atoms with Crippen molar-refractivity contribution in [3.8, 4) is 6.01 Å². The molecule has 0 aliphatic carbocycles. The van der Waals surface area contributed by atoms with Crippen LogP contribution in [0.1, 0.15) is 5.56 Å². The van der Waals surface area contributed by atoms with Gasteiger partial charge in [-0.3, -0.25) is 4.98 Å². The van der Waals surface area contributed by atoms with Gasteiger partial charge < -0.3 is 10.1 Å². The monoisotopic (exact) mass is 264 g/mol. The SMILES string of the molecule is COc1ncc(Cl)c(NCCc2ccncc2)n1. The van der Waals surface area contributed by atoms with Crippen LogP contribution in [-0.4, -0.2) is 28.6 Å². The van der Waals surface area contributed by atoms with Gasteiger partial charge in [-0.25, -0.2) is 4.98 Å². The van der Waals surface area contributed by atoms with E-state index in [1.165, 1.54) is 18.9 Å². The minimum Gasteiger partial charge on any atom is -0.467 e. The van der Waals surface area contributed by atoms with Gasteiger partial charge in [0.15, 0.2) is 5.82 Å². The van der Waals surface area contributed by atoms with Crippen LogP contribution < -0.4 is 10.1 Å². The van der Waals surface area contributed by atoms with Gasteiger partial charge in [-0.1, -0.05) is 11.6 Å². The molecule has 2 aromatic heterocycles. The van der Waals surface area contributed by atoms with Crippen molar-refractivity contribution >= 4 is 17.4 Å². The zero-order valence-electron chi connectivity index (χ0n) is 9.93. The van der Waals surface area contributed by atoms with Crippen LogP contribution in [-0.2, 0) is 6.42 Å². The summed E-state index contributed by atoms with van der Waals surface area (Å²) in [4.78, 5) is 12.0. The molecule has 0 fully saturated rings. The van der Waals surface area contributed by atoms with E-state index in [9.17, 15) is 0 Å². The number of hydrogen-bond acceptors (Lipinski definition) is 5. The van der Waals surface area contributed by atoms with E-state index in [1.807, 2.05) is 12.1 Å². The molecule has 0 saturated carbocycles. The highest BCUT2D eigenvalue weighted by atomic mass is 35.5. The summed E-state index contributed by atoms with van der Waals surface area (Å²) in [6.45, 7) is 0.726. The van der Waals surface area contributed by atoms with E-state index in [2.05, 4.69) is 20.3 Å². The Morgan fingerprint density at radius 3 is 2.83 bits per heavy atom. The van der Waals surface area contributed by atoms with E-state index in [0.29, 0.717) is 16.9 Å². The number of aromatic nitrogens is 3. The van der Waals surface area contributed by atoms with E-state index in [1.54, 1.807) is 12.4 Å². The average Bonchev–Trinajstić information content (AvgIpc) is 2.42. The maximum Gasteiger partial charge on any atom is 0.318 e. The number of anilines is 1. The Bertz CT molecular complexity index is 507. The zero-order valence-corrected chi connectivity index (χ0v) is 10.7. The molecule has 0 atom stereocenters. The Hall–Kier alpha value is -1.88. The van der Waals surface area contributed by atoms with Crippen molar-refractivity contribution in [3.05, 3.63) is 41.3 Å². The molecule has 1 N–H and O–H groups in total. The normalized spacial score (nSPS) is 10.1. The van der Waals surface area contributed by atoms with Crippen molar-refractivity contribution in [1.82, 2.24) is 15.0 Å². The molecule has 0 bridgehead atoms. The highest BCUT2D eigenvalue weighted by Gasteiger charge is 2.04. The van der Waals surface area contributed by atoms with Crippen LogP contribution in [0.2, 0.25) is 5.02 Å². The van der Waals surface area contributed by atoms with Gasteiger partial charge >= 0.3 is 6.01 Å². The molecular formula is C12H13ClN4O. The van der Waals surface area contributed by atoms with Crippen molar-refractivity contribution in [1.29, 1.82) is 0 Å². The molecule has 18 heavy (non-hydrogen) atoms. The topological polar surface area (TPSA) is 59.9 Å². The van der Waals surface area contributed by atoms with E-state index < -0.39 is 0 Å². The second-order valence-electron chi connectivity index (χ2n) is 3.59. The summed E-state index contributed by atoms with van der Waals surface area (Å²) in [7, 11) is 1.52. The van der Waals surface area contributed by atoms with Crippen LogP contribution in [0, 0.1) is 0 Å². The quantitative estimate of drug-likeness (QED) is 0.897. The highest BCUT2D eigenvalue weighted by Crippen LogP contribution is 2.19. The van der Waals surface area contributed by atoms with Crippen molar-refractivity contribution in [2.45, 2.75) is 6.42 Å². The minimum atomic E-state index is 0.297. The summed E-state index contributed by atoms with van der Waals surface area (Å²) in [5.41, 5.74) is 1.20. The lowest BCUT2D eigenvalue weighted by atomic mass is 10.2. The third kappa shape index (κ3) is 3.30. The standard InChI is InChI=1S/C12H13ClN4O/c1-18-12-16-8-10(13)11(17-12)15-7-4-9-2-5-14-6-3-9/h2-3,5-6,8H,4,7H2,1H3,(H,15,16,17). The molecule has 0 spiro atoms. The number of methoxy groups -OCH3 is 1. The molecule has 2 rings (SSSR count). The summed E-state index contributed by atoms with van der Waals surface area (Å²) >= 11 is 5.98. The molecule has 94 valence electrons. The van der Waals surface area contributed by atoms with E-state index in [-0.39, 0.29) is 0 Å². The fraction of sp³-hybridized carbons (Fsp3) is 0.250. The lowest BCUT2D eigenvalue weighted by Crippen LogP contribution is -2.08. The van der Waals surface area contributed by atoms with Crippen LogP contribution >= 0.6 is 11.6 Å². The number of pyridine rings is 1. The highest BCUT2D eigenvalue weighted by molar-refractivity contribution is 6.32. The number of halogens is 1. The Kier molecular flexibility index (Phi) is 4.30. The predicted octanol–water partition coefficient (Wildman–Crippen LogP) is 2.19. The van der Waals surface area contributed by atoms with Crippen LogP contribution in [0.3, 0.4) is 0 Å². The Labute approximate surface area is 110 Å². The van der Waals surface area contributed by atoms with Crippen LogP contribution in [0.15, 0.2) is 30.7 Å². The number of ether oxygens (including phenoxy) is 1. The Morgan fingerprint density at radius 2 is 2.11 bits per heavy atom. The number of rotatable bonds is 5. The van der Waals surface area contributed by atoms with Crippen molar-refractivity contribution in [2.24, 2.45) is 0 Å². The lowest BCUT2D eigenvalue weighted by molar-refractivity contribution is 0.380. The predicted molar refractivity (Wildman–Crippen MR) is 70.0 cm³/mol. The summed E-state index contributed by atoms with van der Waals surface area (Å²) in [6, 6.07) is 4.25. The smallest absolute Gasteiger partial charge is 0.318 e. The van der Waals surface area contributed by atoms with Gasteiger partial charge in [0.05, 0.1) is 13.3 Å². The van der Waals surface area contributed by atoms with Crippen LogP contribution in [0.5, 0.6) is 6.01 Å². The second kappa shape index (κ2) is 6.16. The fourth-order valence-electron chi connectivity index (χ4n) is 1.45. The lowest BCUT2D eigenvalue weighted by Gasteiger charge is -2.08. The first-order valence-corrected chi connectivity index (χ1v) is 5.86. The van der Waals surface area contributed by atoms with Crippen LogP contribution in [0.25, 0.3) is 0 Å². The van der Waals surface area contributed by atoms with E-state index >= 15 is 0 Å². The maximum absolute atomic E-state index is 5.98. The van der Waals surface area contributed by atoms with E-state index in [4.69, 9.17) is 16.3 Å². The van der Waals surface area contributed by atoms with Crippen molar-refractivity contribution < 1.29 is 4.74 Å². The molecule has 0 amide bonds. The molecule has 6 heteroatoms. The van der Waals surface area contributed by atoms with Gasteiger partial charge in [0, 0.05) is 18.9 Å². The van der Waals surface area contributed by atoms with Gasteiger partial charge in [0.25, 0.3) is 0 Å². The van der Waals surface area contributed by atoms with Crippen molar-refractivity contribution in [3.63, 3.8) is 0 Å². The first-order valence-electron chi connectivity index (χ1n) is 5.49. The fourth-order valence-corrected chi connectivity index (χ4v) is 1.61. The Morgan fingerprint density at radius 1 is 1.33 bits per heavy atom. The Balaban J connectivity index is 1.94. The third-order valence-electron chi connectivity index (χ3n) is 2.36. The first-order chi connectivity index (χ1) is 8.79. The molecule has 2 aromatic rings. The second-order valence-corrected chi connectivity index (χ2v) is 3.99. The first kappa shape index (κ1) is 12.6. The molecule has 5 nitrogen and oxygen atoms in total. The van der Waals surface area contributed by atoms with Gasteiger partial charge in [-0.15, -0.1) is 0 Å². The molecule has 0 radical (unpaired) electrons. The average molecular weight is 265 g/mol. The summed E-state index contributed by atoms with van der Waals surface area (Å²) < 4.78 is 4.95. The van der Waals surface area contributed by atoms with E-state index in [0.717, 1.165) is 13.0 Å². The summed E-state index contributed by atoms with van der Waals surface area (Å²) in [5, 5.41) is 3.63. The molecule has 0 aliphatic heterocycles. The molecule has 0 unspecified atom stereocenters. The molecular weight excluding hydrogens is 252 g/mol. The third-order valence-corrected chi connectivity index (χ3v) is 2.64. The van der Waals surface area contributed by atoms with Gasteiger partial charge in [0.1, 0.15) is 5.02 Å². The van der Waals surface area contributed by atoms with Gasteiger partial charge in [-0.05, 0) is 24.1 Å².